The number of nitrogens with zero attached hydrogens (tertiary/aromatic N) is 1. The van der Waals surface area contributed by atoms with Crippen molar-refractivity contribution in [1.29, 1.82) is 0 Å². The molecule has 0 spiro atoms. The molecule has 1 saturated carbocycles. The van der Waals surface area contributed by atoms with Crippen molar-refractivity contribution in [2.24, 2.45) is 11.3 Å². The molecule has 0 amide bonds. The molecule has 0 aromatic carbocycles. The Hall–Kier alpha value is -1.17. The van der Waals surface area contributed by atoms with Crippen LogP contribution in [0, 0.1) is 11.3 Å². The molecule has 0 aliphatic heterocycles. The number of hydrogen-bond acceptors (Lipinski definition) is 4. The first kappa shape index (κ1) is 14.8. The molecule has 3 rings (SSSR count). The highest BCUT2D eigenvalue weighted by Gasteiger charge is 2.49. The van der Waals surface area contributed by atoms with Gasteiger partial charge in [-0.2, -0.15) is 5.10 Å². The molecule has 1 fully saturated rings. The van der Waals surface area contributed by atoms with Crippen molar-refractivity contribution in [2.75, 3.05) is 6.54 Å². The van der Waals surface area contributed by atoms with Gasteiger partial charge in [0, 0.05) is 24.1 Å². The van der Waals surface area contributed by atoms with E-state index in [0.29, 0.717) is 5.92 Å². The van der Waals surface area contributed by atoms with E-state index in [1.807, 2.05) is 6.20 Å². The van der Waals surface area contributed by atoms with Crippen molar-refractivity contribution in [1.82, 2.24) is 15.5 Å². The number of aromatic nitrogens is 2. The highest BCUT2D eigenvalue weighted by molar-refractivity contribution is 7.13. The van der Waals surface area contributed by atoms with E-state index in [-0.39, 0.29) is 11.5 Å². The molecule has 1 aliphatic carbocycles. The van der Waals surface area contributed by atoms with Crippen LogP contribution in [0.4, 0.5) is 0 Å². The van der Waals surface area contributed by atoms with Crippen molar-refractivity contribution >= 4 is 11.3 Å². The van der Waals surface area contributed by atoms with Crippen LogP contribution in [-0.4, -0.2) is 28.0 Å². The fourth-order valence-electron chi connectivity index (χ4n) is 2.97. The van der Waals surface area contributed by atoms with Crippen LogP contribution >= 0.6 is 11.3 Å². The van der Waals surface area contributed by atoms with Crippen molar-refractivity contribution in [3.63, 3.8) is 0 Å². The molecule has 0 unspecified atom stereocenters. The minimum Gasteiger partial charge on any atom is -0.392 e. The average Bonchev–Trinajstić information content (AvgIpc) is 2.90. The first-order valence-electron chi connectivity index (χ1n) is 7.57. The van der Waals surface area contributed by atoms with Gasteiger partial charge in [0.05, 0.1) is 22.9 Å². The van der Waals surface area contributed by atoms with Crippen LogP contribution in [-0.2, 0) is 6.54 Å². The zero-order valence-corrected chi connectivity index (χ0v) is 13.4. The Bertz CT molecular complexity index is 572. The highest BCUT2D eigenvalue weighted by atomic mass is 32.1. The zero-order valence-electron chi connectivity index (χ0n) is 12.6. The lowest BCUT2D eigenvalue weighted by Gasteiger charge is -2.25. The maximum atomic E-state index is 10.3. The Morgan fingerprint density at radius 1 is 1.48 bits per heavy atom. The Balaban J connectivity index is 1.59. The molecule has 2 heterocycles. The number of H-pyrrole nitrogens is 1. The Morgan fingerprint density at radius 2 is 2.29 bits per heavy atom. The Morgan fingerprint density at radius 3 is 2.90 bits per heavy atom. The molecule has 0 saturated heterocycles. The summed E-state index contributed by atoms with van der Waals surface area (Å²) in [6, 6.07) is 4.16. The largest absolute Gasteiger partial charge is 0.392 e. The second-order valence-electron chi connectivity index (χ2n) is 6.40. The van der Waals surface area contributed by atoms with Gasteiger partial charge in [-0.25, -0.2) is 0 Å². The molecule has 0 bridgehead atoms. The molecule has 4 nitrogen and oxygen atoms in total. The van der Waals surface area contributed by atoms with E-state index in [9.17, 15) is 5.11 Å². The third kappa shape index (κ3) is 3.05. The van der Waals surface area contributed by atoms with Gasteiger partial charge in [-0.05, 0) is 30.2 Å². The highest BCUT2D eigenvalue weighted by Crippen LogP contribution is 2.50. The molecular formula is C16H23N3OS. The maximum Gasteiger partial charge on any atom is 0.0794 e. The van der Waals surface area contributed by atoms with Gasteiger partial charge in [-0.15, -0.1) is 11.3 Å². The third-order valence-corrected chi connectivity index (χ3v) is 5.32. The minimum absolute atomic E-state index is 0.0982. The van der Waals surface area contributed by atoms with E-state index in [1.54, 1.807) is 11.3 Å². The quantitative estimate of drug-likeness (QED) is 0.737. The fourth-order valence-corrected chi connectivity index (χ4v) is 3.73. The summed E-state index contributed by atoms with van der Waals surface area (Å²) < 4.78 is 0. The summed E-state index contributed by atoms with van der Waals surface area (Å²) in [5, 5.41) is 23.2. The van der Waals surface area contributed by atoms with Gasteiger partial charge in [0.25, 0.3) is 0 Å². The van der Waals surface area contributed by atoms with Gasteiger partial charge >= 0.3 is 0 Å². The summed E-state index contributed by atoms with van der Waals surface area (Å²) in [7, 11) is 0. The normalized spacial score (nSPS) is 18.1. The molecule has 2 aromatic heterocycles. The predicted molar refractivity (Wildman–Crippen MR) is 86.1 cm³/mol. The molecule has 3 N–H and O–H groups in total. The number of thiophene rings is 1. The van der Waals surface area contributed by atoms with Crippen molar-refractivity contribution in [3.8, 4) is 10.6 Å². The molecule has 1 atom stereocenters. The summed E-state index contributed by atoms with van der Waals surface area (Å²) in [4.78, 5) is 1.22. The van der Waals surface area contributed by atoms with Gasteiger partial charge in [0.15, 0.2) is 0 Å². The van der Waals surface area contributed by atoms with Gasteiger partial charge in [0.1, 0.15) is 0 Å². The lowest BCUT2D eigenvalue weighted by atomic mass is 9.90. The summed E-state index contributed by atoms with van der Waals surface area (Å²) in [5.74, 6) is 0.324. The first-order chi connectivity index (χ1) is 10.1. The number of nitrogens with one attached hydrogen (secondary N) is 2. The van der Waals surface area contributed by atoms with Gasteiger partial charge in [-0.1, -0.05) is 19.9 Å². The second-order valence-corrected chi connectivity index (χ2v) is 7.35. The Labute approximate surface area is 129 Å². The summed E-state index contributed by atoms with van der Waals surface area (Å²) in [6.07, 6.45) is 3.94. The van der Waals surface area contributed by atoms with E-state index in [1.165, 1.54) is 10.4 Å². The van der Waals surface area contributed by atoms with Crippen molar-refractivity contribution in [3.05, 3.63) is 29.3 Å². The van der Waals surface area contributed by atoms with E-state index < -0.39 is 0 Å². The third-order valence-electron chi connectivity index (χ3n) is 4.43. The van der Waals surface area contributed by atoms with Crippen molar-refractivity contribution < 1.29 is 5.11 Å². The van der Waals surface area contributed by atoms with E-state index in [4.69, 9.17) is 0 Å². The molecule has 1 aliphatic rings. The first-order valence-corrected chi connectivity index (χ1v) is 8.45. The summed E-state index contributed by atoms with van der Waals surface area (Å²) in [5.41, 5.74) is 2.39. The van der Waals surface area contributed by atoms with E-state index in [2.05, 4.69) is 46.9 Å². The molecule has 114 valence electrons. The number of rotatable bonds is 7. The van der Waals surface area contributed by atoms with Crippen LogP contribution in [0.3, 0.4) is 0 Å². The molecule has 2 aromatic rings. The standard InChI is InChI=1S/C16H23N3OS/c1-11(2)15(20)16(5-6-16)10-17-8-12-9-18-19-14(12)13-4-3-7-21-13/h3-4,7,9,11,15,17,20H,5-6,8,10H2,1-2H3,(H,18,19)/t15-/m0/s1. The summed E-state index contributed by atoms with van der Waals surface area (Å²) in [6.45, 7) is 5.85. The molecule has 0 radical (unpaired) electrons. The zero-order chi connectivity index (χ0) is 14.9. The minimum atomic E-state index is -0.203. The van der Waals surface area contributed by atoms with Crippen LogP contribution in [0.1, 0.15) is 32.3 Å². The van der Waals surface area contributed by atoms with Crippen LogP contribution in [0.5, 0.6) is 0 Å². The fraction of sp³-hybridized carbons (Fsp3) is 0.562. The predicted octanol–water partition coefficient (Wildman–Crippen LogP) is 3.02. The second kappa shape index (κ2) is 5.91. The number of aromatic amines is 1. The monoisotopic (exact) mass is 305 g/mol. The lowest BCUT2D eigenvalue weighted by Crippen LogP contribution is -2.36. The topological polar surface area (TPSA) is 60.9 Å². The SMILES string of the molecule is CC(C)[C@H](O)C1(CNCc2cn[nH]c2-c2cccs2)CC1. The lowest BCUT2D eigenvalue weighted by molar-refractivity contribution is 0.0502. The van der Waals surface area contributed by atoms with Crippen LogP contribution in [0.15, 0.2) is 23.7 Å². The molecular weight excluding hydrogens is 282 g/mol. The van der Waals surface area contributed by atoms with Gasteiger partial charge in [-0.3, -0.25) is 5.10 Å². The van der Waals surface area contributed by atoms with Crippen LogP contribution in [0.2, 0.25) is 0 Å². The molecule has 21 heavy (non-hydrogen) atoms. The number of hydrogen-bond donors (Lipinski definition) is 3. The van der Waals surface area contributed by atoms with E-state index >= 15 is 0 Å². The molecule has 5 heteroatoms. The van der Waals surface area contributed by atoms with E-state index in [0.717, 1.165) is 31.6 Å². The van der Waals surface area contributed by atoms with Crippen LogP contribution in [0.25, 0.3) is 10.6 Å². The van der Waals surface area contributed by atoms with Crippen LogP contribution < -0.4 is 5.32 Å². The smallest absolute Gasteiger partial charge is 0.0794 e. The number of aliphatic hydroxyl groups is 1. The van der Waals surface area contributed by atoms with Crippen molar-refractivity contribution in [2.45, 2.75) is 39.3 Å². The summed E-state index contributed by atoms with van der Waals surface area (Å²) >= 11 is 1.72. The Kier molecular flexibility index (Phi) is 4.15. The maximum absolute atomic E-state index is 10.3. The van der Waals surface area contributed by atoms with Gasteiger partial charge < -0.3 is 10.4 Å². The van der Waals surface area contributed by atoms with Gasteiger partial charge in [0.2, 0.25) is 0 Å². The average molecular weight is 305 g/mol. The number of aliphatic hydroxyl groups excluding tert-OH is 1.